The number of hydrogen-bond acceptors (Lipinski definition) is 3. The first-order valence-electron chi connectivity index (χ1n) is 3.84. The molecule has 2 N–H and O–H groups in total. The van der Waals surface area contributed by atoms with Crippen LogP contribution in [0.15, 0.2) is 18.6 Å². The van der Waals surface area contributed by atoms with Gasteiger partial charge in [-0.3, -0.25) is 9.97 Å². The molecule has 1 aromatic rings. The van der Waals surface area contributed by atoms with Crippen LogP contribution in [-0.2, 0) is 0 Å². The van der Waals surface area contributed by atoms with Crippen LogP contribution in [0, 0.1) is 0 Å². The van der Waals surface area contributed by atoms with E-state index in [0.29, 0.717) is 12.5 Å². The average Bonchev–Trinajstić information content (AvgIpc) is 2.09. The first-order chi connectivity index (χ1) is 5.38. The van der Waals surface area contributed by atoms with E-state index < -0.39 is 0 Å². The summed E-state index contributed by atoms with van der Waals surface area (Å²) in [6, 6.07) is 0. The first-order valence-corrected chi connectivity index (χ1v) is 3.84. The van der Waals surface area contributed by atoms with Gasteiger partial charge in [-0.15, -0.1) is 0 Å². The van der Waals surface area contributed by atoms with Crippen molar-refractivity contribution in [2.45, 2.75) is 19.3 Å². The number of aromatic nitrogens is 2. The molecule has 0 aromatic carbocycles. The van der Waals surface area contributed by atoms with Gasteiger partial charge in [-0.05, 0) is 6.42 Å². The lowest BCUT2D eigenvalue weighted by molar-refractivity contribution is 0.650. The Labute approximate surface area is 66.7 Å². The van der Waals surface area contributed by atoms with Gasteiger partial charge in [0.1, 0.15) is 0 Å². The third-order valence-electron chi connectivity index (χ3n) is 1.78. The van der Waals surface area contributed by atoms with Gasteiger partial charge in [-0.2, -0.15) is 0 Å². The smallest absolute Gasteiger partial charge is 0.0630 e. The molecule has 0 amide bonds. The highest BCUT2D eigenvalue weighted by Gasteiger charge is 2.06. The molecule has 1 atom stereocenters. The number of nitrogens with two attached hydrogens (primary N) is 1. The van der Waals surface area contributed by atoms with E-state index in [1.54, 1.807) is 18.6 Å². The highest BCUT2D eigenvalue weighted by atomic mass is 14.8. The van der Waals surface area contributed by atoms with E-state index in [-0.39, 0.29) is 0 Å². The molecule has 0 aliphatic carbocycles. The van der Waals surface area contributed by atoms with E-state index in [9.17, 15) is 0 Å². The van der Waals surface area contributed by atoms with Crippen molar-refractivity contribution in [2.75, 3.05) is 6.54 Å². The molecule has 3 heteroatoms. The highest BCUT2D eigenvalue weighted by Crippen LogP contribution is 2.12. The highest BCUT2D eigenvalue weighted by molar-refractivity contribution is 5.03. The second kappa shape index (κ2) is 4.03. The summed E-state index contributed by atoms with van der Waals surface area (Å²) in [7, 11) is 0. The lowest BCUT2D eigenvalue weighted by Gasteiger charge is -2.09. The molecule has 1 aromatic heterocycles. The molecule has 0 spiro atoms. The third kappa shape index (κ3) is 1.98. The Bertz CT molecular complexity index is 194. The molecule has 0 unspecified atom stereocenters. The molecule has 60 valence electrons. The maximum atomic E-state index is 5.55. The van der Waals surface area contributed by atoms with Gasteiger partial charge in [0.25, 0.3) is 0 Å². The van der Waals surface area contributed by atoms with Crippen LogP contribution in [0.2, 0.25) is 0 Å². The van der Waals surface area contributed by atoms with Crippen molar-refractivity contribution in [2.24, 2.45) is 5.73 Å². The predicted octanol–water partition coefficient (Wildman–Crippen LogP) is 0.929. The standard InChI is InChI=1S/C8H13N3/c1-2-7(5-9)8-6-10-3-4-11-8/h3-4,6-7H,2,5,9H2,1H3/t7-/m1/s1. The van der Waals surface area contributed by atoms with E-state index in [4.69, 9.17) is 5.73 Å². The molecule has 0 saturated carbocycles. The monoisotopic (exact) mass is 151 g/mol. The summed E-state index contributed by atoms with van der Waals surface area (Å²) in [5.41, 5.74) is 6.55. The lowest BCUT2D eigenvalue weighted by Crippen LogP contribution is -2.12. The average molecular weight is 151 g/mol. The molecule has 0 saturated heterocycles. The van der Waals surface area contributed by atoms with Crippen molar-refractivity contribution in [1.29, 1.82) is 0 Å². The van der Waals surface area contributed by atoms with Crippen molar-refractivity contribution < 1.29 is 0 Å². The van der Waals surface area contributed by atoms with Gasteiger partial charge in [-0.1, -0.05) is 6.92 Å². The van der Waals surface area contributed by atoms with Crippen LogP contribution >= 0.6 is 0 Å². The van der Waals surface area contributed by atoms with Gasteiger partial charge in [0.15, 0.2) is 0 Å². The van der Waals surface area contributed by atoms with E-state index in [0.717, 1.165) is 12.1 Å². The summed E-state index contributed by atoms with van der Waals surface area (Å²) in [5, 5.41) is 0. The van der Waals surface area contributed by atoms with Crippen molar-refractivity contribution in [3.63, 3.8) is 0 Å². The minimum atomic E-state index is 0.365. The van der Waals surface area contributed by atoms with E-state index in [2.05, 4.69) is 16.9 Å². The first kappa shape index (κ1) is 8.14. The summed E-state index contributed by atoms with van der Waals surface area (Å²) in [6.07, 6.45) is 6.18. The summed E-state index contributed by atoms with van der Waals surface area (Å²) < 4.78 is 0. The number of hydrogen-bond donors (Lipinski definition) is 1. The Balaban J connectivity index is 2.74. The SMILES string of the molecule is CC[C@H](CN)c1cnccn1. The fraction of sp³-hybridized carbons (Fsp3) is 0.500. The fourth-order valence-electron chi connectivity index (χ4n) is 1.02. The zero-order chi connectivity index (χ0) is 8.10. The van der Waals surface area contributed by atoms with Crippen molar-refractivity contribution in [1.82, 2.24) is 9.97 Å². The minimum absolute atomic E-state index is 0.365. The normalized spacial score (nSPS) is 12.9. The molecule has 11 heavy (non-hydrogen) atoms. The van der Waals surface area contributed by atoms with Gasteiger partial charge >= 0.3 is 0 Å². The van der Waals surface area contributed by atoms with E-state index in [1.807, 2.05) is 0 Å². The predicted molar refractivity (Wildman–Crippen MR) is 44.1 cm³/mol. The van der Waals surface area contributed by atoms with Gasteiger partial charge in [0.05, 0.1) is 5.69 Å². The van der Waals surface area contributed by atoms with Crippen molar-refractivity contribution in [3.05, 3.63) is 24.3 Å². The van der Waals surface area contributed by atoms with Gasteiger partial charge in [-0.25, -0.2) is 0 Å². The zero-order valence-electron chi connectivity index (χ0n) is 6.70. The summed E-state index contributed by atoms with van der Waals surface area (Å²) in [5.74, 6) is 0.365. The van der Waals surface area contributed by atoms with Gasteiger partial charge in [0.2, 0.25) is 0 Å². The molecule has 0 radical (unpaired) electrons. The topological polar surface area (TPSA) is 51.8 Å². The van der Waals surface area contributed by atoms with Crippen LogP contribution in [0.3, 0.4) is 0 Å². The molecule has 0 fully saturated rings. The van der Waals surface area contributed by atoms with Gasteiger partial charge in [0, 0.05) is 31.1 Å². The summed E-state index contributed by atoms with van der Waals surface area (Å²) >= 11 is 0. The Hall–Kier alpha value is -0.960. The second-order valence-electron chi connectivity index (χ2n) is 2.47. The minimum Gasteiger partial charge on any atom is -0.330 e. The molecule has 1 heterocycles. The van der Waals surface area contributed by atoms with Crippen molar-refractivity contribution in [3.8, 4) is 0 Å². The molecule has 0 bridgehead atoms. The Morgan fingerprint density at radius 2 is 2.36 bits per heavy atom. The lowest BCUT2D eigenvalue weighted by atomic mass is 10.0. The van der Waals surface area contributed by atoms with E-state index >= 15 is 0 Å². The van der Waals surface area contributed by atoms with Crippen LogP contribution in [0.4, 0.5) is 0 Å². The molecule has 0 aliphatic rings. The fourth-order valence-corrected chi connectivity index (χ4v) is 1.02. The third-order valence-corrected chi connectivity index (χ3v) is 1.78. The molecule has 0 aliphatic heterocycles. The number of nitrogens with zero attached hydrogens (tertiary/aromatic N) is 2. The Morgan fingerprint density at radius 3 is 2.82 bits per heavy atom. The van der Waals surface area contributed by atoms with Crippen molar-refractivity contribution >= 4 is 0 Å². The summed E-state index contributed by atoms with van der Waals surface area (Å²) in [6.45, 7) is 2.75. The quantitative estimate of drug-likeness (QED) is 0.699. The maximum absolute atomic E-state index is 5.55. The molecular formula is C8H13N3. The number of rotatable bonds is 3. The molecule has 3 nitrogen and oxygen atoms in total. The summed E-state index contributed by atoms with van der Waals surface area (Å²) in [4.78, 5) is 8.16. The van der Waals surface area contributed by atoms with E-state index in [1.165, 1.54) is 0 Å². The largest absolute Gasteiger partial charge is 0.330 e. The van der Waals surface area contributed by atoms with Crippen LogP contribution in [0.25, 0.3) is 0 Å². The van der Waals surface area contributed by atoms with Crippen LogP contribution < -0.4 is 5.73 Å². The Morgan fingerprint density at radius 1 is 1.55 bits per heavy atom. The van der Waals surface area contributed by atoms with Crippen LogP contribution in [-0.4, -0.2) is 16.5 Å². The zero-order valence-corrected chi connectivity index (χ0v) is 6.70. The van der Waals surface area contributed by atoms with Gasteiger partial charge < -0.3 is 5.73 Å². The molecular weight excluding hydrogens is 138 g/mol. The van der Waals surface area contributed by atoms with Crippen LogP contribution in [0.5, 0.6) is 0 Å². The van der Waals surface area contributed by atoms with Crippen LogP contribution in [0.1, 0.15) is 25.0 Å². The second-order valence-corrected chi connectivity index (χ2v) is 2.47. The Kier molecular flexibility index (Phi) is 2.98. The molecule has 1 rings (SSSR count). The maximum Gasteiger partial charge on any atom is 0.0630 e.